The van der Waals surface area contributed by atoms with Crippen molar-refractivity contribution >= 4 is 5.97 Å². The van der Waals surface area contributed by atoms with Crippen molar-refractivity contribution in [1.29, 1.82) is 5.26 Å². The summed E-state index contributed by atoms with van der Waals surface area (Å²) in [5, 5.41) is 21.4. The Morgan fingerprint density at radius 3 is 1.56 bits per heavy atom. The molecule has 0 spiro atoms. The van der Waals surface area contributed by atoms with Crippen molar-refractivity contribution in [3.8, 4) is 6.07 Å². The zero-order valence-corrected chi connectivity index (χ0v) is 10.1. The molecule has 1 aliphatic rings. The van der Waals surface area contributed by atoms with Crippen LogP contribution < -0.4 is 0 Å². The lowest BCUT2D eigenvalue weighted by molar-refractivity contribution is -0.192. The van der Waals surface area contributed by atoms with Crippen molar-refractivity contribution in [2.45, 2.75) is 25.9 Å². The second-order valence-corrected chi connectivity index (χ2v) is 2.35. The molecule has 0 aliphatic carbocycles. The maximum Gasteiger partial charge on any atom is 0.490 e. The second-order valence-electron chi connectivity index (χ2n) is 2.35. The van der Waals surface area contributed by atoms with E-state index in [-0.39, 0.29) is 5.48 Å². The second kappa shape index (κ2) is 18.0. The minimum absolute atomic E-state index is 0. The Bertz CT molecular complexity index is 204. The lowest BCUT2D eigenvalue weighted by Gasteiger charge is -1.93. The van der Waals surface area contributed by atoms with Crippen LogP contribution in [-0.2, 0) is 9.53 Å². The third kappa shape index (κ3) is 29.3. The van der Waals surface area contributed by atoms with Gasteiger partial charge in [0.25, 0.3) is 0 Å². The highest BCUT2D eigenvalue weighted by Gasteiger charge is 2.38. The molecular weight excluding hydrogens is 259 g/mol. The zero-order valence-electron chi connectivity index (χ0n) is 10.1. The van der Waals surface area contributed by atoms with Crippen LogP contribution in [0.3, 0.4) is 0 Å². The van der Waals surface area contributed by atoms with E-state index in [1.54, 1.807) is 6.07 Å². The van der Waals surface area contributed by atoms with Gasteiger partial charge in [0.05, 0.1) is 6.07 Å². The summed E-state index contributed by atoms with van der Waals surface area (Å²) in [6.07, 6.45) is -2.53. The standard InChI is InChI=1S/C4H8O.C2HF3O2.C2H3N.CH4O.H2O/c1-2-4-5-3-1;3-2(4,5)1(6)7;1-2-3;1-2;/h1-4H2;(H,6,7);1H3;2H,1H3;1H2. The Kier molecular flexibility index (Phi) is 25.5. The van der Waals surface area contributed by atoms with Gasteiger partial charge in [-0.3, -0.25) is 0 Å². The molecule has 1 fully saturated rings. The molecule has 0 bridgehead atoms. The molecule has 4 N–H and O–H groups in total. The first-order chi connectivity index (χ1) is 7.86. The van der Waals surface area contributed by atoms with Gasteiger partial charge in [-0.2, -0.15) is 18.4 Å². The summed E-state index contributed by atoms with van der Waals surface area (Å²) >= 11 is 0. The van der Waals surface area contributed by atoms with Gasteiger partial charge in [-0.05, 0) is 12.8 Å². The quantitative estimate of drug-likeness (QED) is 0.676. The van der Waals surface area contributed by atoms with Crippen LogP contribution in [0.4, 0.5) is 13.2 Å². The maximum atomic E-state index is 10.6. The number of carboxylic acids is 1. The predicted octanol–water partition coefficient (Wildman–Crippen LogP) is 0.744. The number of halogens is 3. The van der Waals surface area contributed by atoms with E-state index in [1.165, 1.54) is 19.8 Å². The van der Waals surface area contributed by atoms with Gasteiger partial charge in [0.15, 0.2) is 0 Å². The minimum Gasteiger partial charge on any atom is -0.475 e. The summed E-state index contributed by atoms with van der Waals surface area (Å²) in [5.41, 5.74) is 0. The fourth-order valence-electron chi connectivity index (χ4n) is 0.510. The molecule has 0 unspecified atom stereocenters. The minimum atomic E-state index is -5.08. The van der Waals surface area contributed by atoms with Gasteiger partial charge in [-0.25, -0.2) is 4.79 Å². The van der Waals surface area contributed by atoms with Crippen LogP contribution in [0.2, 0.25) is 0 Å². The Labute approximate surface area is 103 Å². The van der Waals surface area contributed by atoms with Gasteiger partial charge in [0.1, 0.15) is 0 Å². The topological polar surface area (TPSA) is 122 Å². The SMILES string of the molecule is C1CCOC1.CC#N.CO.O.O=C(O)C(F)(F)F. The molecular formula is C9H18F3NO5. The van der Waals surface area contributed by atoms with E-state index in [0.717, 1.165) is 20.3 Å². The van der Waals surface area contributed by atoms with E-state index in [2.05, 4.69) is 0 Å². The number of rotatable bonds is 0. The molecule has 0 aromatic heterocycles. The predicted molar refractivity (Wildman–Crippen MR) is 56.8 cm³/mol. The van der Waals surface area contributed by atoms with Gasteiger partial charge in [0, 0.05) is 27.2 Å². The molecule has 18 heavy (non-hydrogen) atoms. The molecule has 0 aromatic carbocycles. The third-order valence-corrected chi connectivity index (χ3v) is 1.07. The molecule has 0 radical (unpaired) electrons. The first kappa shape index (κ1) is 25.5. The number of aliphatic hydroxyl groups excluding tert-OH is 1. The van der Waals surface area contributed by atoms with Crippen LogP contribution in [0.15, 0.2) is 0 Å². The molecule has 9 heteroatoms. The van der Waals surface area contributed by atoms with E-state index in [1.807, 2.05) is 0 Å². The molecule has 1 heterocycles. The van der Waals surface area contributed by atoms with E-state index < -0.39 is 12.1 Å². The lowest BCUT2D eigenvalue weighted by Crippen LogP contribution is -2.21. The smallest absolute Gasteiger partial charge is 0.475 e. The van der Waals surface area contributed by atoms with Crippen LogP contribution in [0, 0.1) is 11.3 Å². The number of hydrogen-bond donors (Lipinski definition) is 2. The van der Waals surface area contributed by atoms with E-state index in [4.69, 9.17) is 25.0 Å². The Hall–Kier alpha value is -1.37. The van der Waals surface area contributed by atoms with Crippen LogP contribution >= 0.6 is 0 Å². The molecule has 6 nitrogen and oxygen atoms in total. The zero-order chi connectivity index (χ0) is 14.3. The summed E-state index contributed by atoms with van der Waals surface area (Å²) in [6, 6.07) is 1.75. The number of carboxylic acid groups (broad SMARTS) is 1. The molecule has 0 amide bonds. The number of alkyl halides is 3. The largest absolute Gasteiger partial charge is 0.490 e. The molecule has 0 saturated carbocycles. The van der Waals surface area contributed by atoms with Crippen LogP contribution in [0.1, 0.15) is 19.8 Å². The lowest BCUT2D eigenvalue weighted by atomic mass is 10.4. The average Bonchev–Trinajstić information content (AvgIpc) is 2.78. The number of aliphatic carboxylic acids is 1. The monoisotopic (exact) mass is 277 g/mol. The highest BCUT2D eigenvalue weighted by atomic mass is 19.4. The van der Waals surface area contributed by atoms with Gasteiger partial charge in [0.2, 0.25) is 0 Å². The van der Waals surface area contributed by atoms with E-state index in [0.29, 0.717) is 0 Å². The molecule has 1 aliphatic heterocycles. The highest BCUT2D eigenvalue weighted by molar-refractivity contribution is 5.73. The summed E-state index contributed by atoms with van der Waals surface area (Å²) in [6.45, 7) is 3.43. The summed E-state index contributed by atoms with van der Waals surface area (Å²) in [5.74, 6) is -2.76. The Morgan fingerprint density at radius 1 is 1.28 bits per heavy atom. The number of nitriles is 1. The van der Waals surface area contributed by atoms with Gasteiger partial charge in [-0.1, -0.05) is 0 Å². The third-order valence-electron chi connectivity index (χ3n) is 1.07. The normalized spacial score (nSPS) is 11.8. The maximum absolute atomic E-state index is 10.6. The first-order valence-corrected chi connectivity index (χ1v) is 4.49. The van der Waals surface area contributed by atoms with Crippen molar-refractivity contribution in [3.63, 3.8) is 0 Å². The van der Waals surface area contributed by atoms with Crippen molar-refractivity contribution in [3.05, 3.63) is 0 Å². The molecule has 110 valence electrons. The molecule has 0 aromatic rings. The van der Waals surface area contributed by atoms with Crippen molar-refractivity contribution in [1.82, 2.24) is 0 Å². The van der Waals surface area contributed by atoms with E-state index >= 15 is 0 Å². The van der Waals surface area contributed by atoms with E-state index in [9.17, 15) is 13.2 Å². The highest BCUT2D eigenvalue weighted by Crippen LogP contribution is 2.13. The molecule has 0 atom stereocenters. The molecule has 1 rings (SSSR count). The average molecular weight is 277 g/mol. The van der Waals surface area contributed by atoms with Crippen LogP contribution in [-0.4, -0.2) is 48.2 Å². The fourth-order valence-corrected chi connectivity index (χ4v) is 0.510. The number of carbonyl (C=O) groups is 1. The number of nitrogens with zero attached hydrogens (tertiary/aromatic N) is 1. The summed E-state index contributed by atoms with van der Waals surface area (Å²) in [7, 11) is 1.00. The van der Waals surface area contributed by atoms with Gasteiger partial charge in [-0.15, -0.1) is 0 Å². The summed E-state index contributed by atoms with van der Waals surface area (Å²) < 4.78 is 36.7. The number of aliphatic hydroxyl groups is 1. The van der Waals surface area contributed by atoms with Crippen molar-refractivity contribution in [2.24, 2.45) is 0 Å². The Morgan fingerprint density at radius 2 is 1.50 bits per heavy atom. The van der Waals surface area contributed by atoms with Crippen LogP contribution in [0.25, 0.3) is 0 Å². The Balaban J connectivity index is -0.0000000788. The van der Waals surface area contributed by atoms with Crippen molar-refractivity contribution < 1.29 is 38.4 Å². The summed E-state index contributed by atoms with van der Waals surface area (Å²) in [4.78, 5) is 8.90. The fraction of sp³-hybridized carbons (Fsp3) is 0.778. The number of ether oxygens (including phenoxy) is 1. The van der Waals surface area contributed by atoms with Gasteiger partial charge < -0.3 is 20.4 Å². The van der Waals surface area contributed by atoms with Crippen molar-refractivity contribution in [2.75, 3.05) is 20.3 Å². The first-order valence-electron chi connectivity index (χ1n) is 4.49. The molecule has 1 saturated heterocycles. The van der Waals surface area contributed by atoms with Crippen LogP contribution in [0.5, 0.6) is 0 Å². The number of hydrogen-bond acceptors (Lipinski definition) is 4. The van der Waals surface area contributed by atoms with Gasteiger partial charge >= 0.3 is 12.1 Å².